The molecule has 0 saturated carbocycles. The van der Waals surface area contributed by atoms with Crippen LogP contribution in [-0.2, 0) is 17.5 Å². The van der Waals surface area contributed by atoms with Gasteiger partial charge in [0.25, 0.3) is 11.8 Å². The van der Waals surface area contributed by atoms with Crippen molar-refractivity contribution in [2.45, 2.75) is 12.7 Å². The normalized spacial score (nSPS) is 15.7. The highest BCUT2D eigenvalue weighted by atomic mass is 35.5. The number of carbonyl (C=O) groups is 1. The van der Waals surface area contributed by atoms with Crippen molar-refractivity contribution in [3.05, 3.63) is 64.4 Å². The maximum atomic E-state index is 13.9. The van der Waals surface area contributed by atoms with E-state index in [9.17, 15) is 18.0 Å². The second-order valence-electron chi connectivity index (χ2n) is 8.59. The molecule has 0 bridgehead atoms. The van der Waals surface area contributed by atoms with Gasteiger partial charge in [0.2, 0.25) is 5.75 Å². The van der Waals surface area contributed by atoms with Crippen LogP contribution in [0.25, 0.3) is 0 Å². The van der Waals surface area contributed by atoms with Crippen LogP contribution < -0.4 is 20.1 Å². The number of halogens is 4. The first-order chi connectivity index (χ1) is 18.3. The van der Waals surface area contributed by atoms with Crippen molar-refractivity contribution in [2.24, 2.45) is 0 Å². The highest BCUT2D eigenvalue weighted by Gasteiger charge is 2.34. The van der Waals surface area contributed by atoms with Crippen LogP contribution in [0.5, 0.6) is 17.4 Å². The zero-order chi connectivity index (χ0) is 26.7. The molecule has 2 aliphatic heterocycles. The summed E-state index contributed by atoms with van der Waals surface area (Å²) in [5.74, 6) is 0.354. The first-order valence-electron chi connectivity index (χ1n) is 11.8. The van der Waals surface area contributed by atoms with E-state index in [1.54, 1.807) is 0 Å². The number of hydrogen-bond donors (Lipinski definition) is 2. The Kier molecular flexibility index (Phi) is 7.54. The zero-order valence-electron chi connectivity index (χ0n) is 20.0. The van der Waals surface area contributed by atoms with Crippen LogP contribution in [0.3, 0.4) is 0 Å². The Morgan fingerprint density at radius 3 is 2.74 bits per heavy atom. The molecule has 13 heteroatoms. The van der Waals surface area contributed by atoms with Gasteiger partial charge in [0, 0.05) is 30.9 Å². The predicted octanol–water partition coefficient (Wildman–Crippen LogP) is 4.83. The Labute approximate surface area is 220 Å². The van der Waals surface area contributed by atoms with Crippen molar-refractivity contribution >= 4 is 29.0 Å². The van der Waals surface area contributed by atoms with Gasteiger partial charge in [-0.1, -0.05) is 17.7 Å². The van der Waals surface area contributed by atoms with E-state index in [0.29, 0.717) is 51.0 Å². The smallest absolute Gasteiger partial charge is 0.416 e. The van der Waals surface area contributed by atoms with Crippen molar-refractivity contribution in [2.75, 3.05) is 50.1 Å². The molecule has 9 nitrogen and oxygen atoms in total. The van der Waals surface area contributed by atoms with Crippen molar-refractivity contribution in [1.29, 1.82) is 0 Å². The minimum Gasteiger partial charge on any atom is -0.483 e. The van der Waals surface area contributed by atoms with Crippen LogP contribution in [0.2, 0.25) is 5.02 Å². The highest BCUT2D eigenvalue weighted by Crippen LogP contribution is 2.39. The zero-order valence-corrected chi connectivity index (χ0v) is 20.7. The number of benzene rings is 2. The molecule has 0 spiro atoms. The van der Waals surface area contributed by atoms with Crippen LogP contribution >= 0.6 is 11.6 Å². The number of morpholine rings is 1. The molecule has 3 heterocycles. The third-order valence-electron chi connectivity index (χ3n) is 5.98. The summed E-state index contributed by atoms with van der Waals surface area (Å²) in [5.41, 5.74) is -0.541. The van der Waals surface area contributed by atoms with Crippen LogP contribution in [0.1, 0.15) is 21.5 Å². The Hall–Kier alpha value is -3.61. The third kappa shape index (κ3) is 5.93. The third-order valence-corrected chi connectivity index (χ3v) is 6.30. The Balaban J connectivity index is 1.35. The van der Waals surface area contributed by atoms with Gasteiger partial charge in [0.15, 0.2) is 5.82 Å². The van der Waals surface area contributed by atoms with Crippen molar-refractivity contribution in [3.63, 3.8) is 0 Å². The maximum Gasteiger partial charge on any atom is 0.416 e. The fourth-order valence-corrected chi connectivity index (χ4v) is 4.25. The van der Waals surface area contributed by atoms with E-state index >= 15 is 0 Å². The number of aromatic nitrogens is 2. The molecule has 1 amide bonds. The lowest BCUT2D eigenvalue weighted by molar-refractivity contribution is -0.138. The number of fused-ring (bicyclic) bond motifs is 1. The number of anilines is 2. The van der Waals surface area contributed by atoms with Crippen LogP contribution in [0, 0.1) is 0 Å². The van der Waals surface area contributed by atoms with Crippen LogP contribution in [-0.4, -0.2) is 60.2 Å². The standard InChI is InChI=1S/C25H23ClF3N5O4/c26-19-4-2-15(11-20(19)38-24-21-22(31-14-32-24)30-5-8-37-21)23(35)33-17-3-1-16(18(12-17)25(27,28)29)13-34-6-9-36-10-7-34/h1-4,11-12,14H,5-10,13H2,(H,33,35)(H,30,31,32). The first-order valence-corrected chi connectivity index (χ1v) is 12.2. The number of rotatable bonds is 6. The monoisotopic (exact) mass is 549 g/mol. The maximum absolute atomic E-state index is 13.9. The summed E-state index contributed by atoms with van der Waals surface area (Å²) in [6.45, 7) is 3.16. The van der Waals surface area contributed by atoms with E-state index in [0.717, 1.165) is 6.07 Å². The van der Waals surface area contributed by atoms with Crippen molar-refractivity contribution < 1.29 is 32.2 Å². The molecule has 2 aliphatic rings. The SMILES string of the molecule is O=C(Nc1ccc(CN2CCOCC2)c(C(F)(F)F)c1)c1ccc(Cl)c(Oc2ncnc3c2OCCN3)c1. The quantitative estimate of drug-likeness (QED) is 0.451. The number of amides is 1. The topological polar surface area (TPSA) is 97.8 Å². The van der Waals surface area contributed by atoms with Gasteiger partial charge in [0.1, 0.15) is 18.7 Å². The lowest BCUT2D eigenvalue weighted by Crippen LogP contribution is -2.36. The number of nitrogens with zero attached hydrogens (tertiary/aromatic N) is 3. The minimum atomic E-state index is -4.59. The van der Waals surface area contributed by atoms with E-state index < -0.39 is 17.6 Å². The summed E-state index contributed by atoms with van der Waals surface area (Å²) >= 11 is 6.27. The van der Waals surface area contributed by atoms with Crippen LogP contribution in [0.15, 0.2) is 42.7 Å². The van der Waals surface area contributed by atoms with Gasteiger partial charge < -0.3 is 24.8 Å². The first kappa shape index (κ1) is 26.0. The fourth-order valence-electron chi connectivity index (χ4n) is 4.10. The van der Waals surface area contributed by atoms with Crippen LogP contribution in [0.4, 0.5) is 24.7 Å². The van der Waals surface area contributed by atoms with E-state index in [4.69, 9.17) is 25.8 Å². The summed E-state index contributed by atoms with van der Waals surface area (Å²) in [6.07, 6.45) is -3.29. The minimum absolute atomic E-state index is 0.00909. The van der Waals surface area contributed by atoms with Gasteiger partial charge in [-0.2, -0.15) is 18.2 Å². The molecule has 1 fully saturated rings. The molecule has 38 heavy (non-hydrogen) atoms. The van der Waals surface area contributed by atoms with E-state index in [-0.39, 0.29) is 40.0 Å². The Bertz CT molecular complexity index is 1330. The molecule has 0 radical (unpaired) electrons. The molecule has 2 aromatic carbocycles. The predicted molar refractivity (Wildman–Crippen MR) is 133 cm³/mol. The number of nitrogens with one attached hydrogen (secondary N) is 2. The van der Waals surface area contributed by atoms with Crippen molar-refractivity contribution in [3.8, 4) is 17.4 Å². The average molecular weight is 550 g/mol. The summed E-state index contributed by atoms with van der Waals surface area (Å²) in [6, 6.07) is 8.05. The van der Waals surface area contributed by atoms with Crippen molar-refractivity contribution in [1.82, 2.24) is 14.9 Å². The number of alkyl halides is 3. The molecule has 1 saturated heterocycles. The second-order valence-corrected chi connectivity index (χ2v) is 9.00. The summed E-state index contributed by atoms with van der Waals surface area (Å²) in [5, 5.41) is 5.79. The molecular formula is C25H23ClF3N5O4. The molecule has 2 N–H and O–H groups in total. The molecule has 0 unspecified atom stereocenters. The Morgan fingerprint density at radius 1 is 1.13 bits per heavy atom. The van der Waals surface area contributed by atoms with E-state index in [1.165, 1.54) is 36.7 Å². The summed E-state index contributed by atoms with van der Waals surface area (Å²) < 4.78 is 58.2. The molecule has 0 atom stereocenters. The van der Waals surface area contributed by atoms with Gasteiger partial charge in [-0.3, -0.25) is 9.69 Å². The molecular weight excluding hydrogens is 527 g/mol. The fraction of sp³-hybridized carbons (Fsp3) is 0.320. The molecule has 5 rings (SSSR count). The van der Waals surface area contributed by atoms with E-state index in [2.05, 4.69) is 20.6 Å². The lowest BCUT2D eigenvalue weighted by Gasteiger charge is -2.27. The highest BCUT2D eigenvalue weighted by molar-refractivity contribution is 6.32. The van der Waals surface area contributed by atoms with Gasteiger partial charge in [-0.15, -0.1) is 0 Å². The van der Waals surface area contributed by atoms with Gasteiger partial charge >= 0.3 is 6.18 Å². The van der Waals surface area contributed by atoms with Gasteiger partial charge in [-0.05, 0) is 35.9 Å². The Morgan fingerprint density at radius 2 is 1.95 bits per heavy atom. The lowest BCUT2D eigenvalue weighted by atomic mass is 10.0. The number of carbonyl (C=O) groups excluding carboxylic acids is 1. The summed E-state index contributed by atoms with van der Waals surface area (Å²) in [7, 11) is 0. The number of hydrogen-bond acceptors (Lipinski definition) is 8. The van der Waals surface area contributed by atoms with Gasteiger partial charge in [-0.25, -0.2) is 4.98 Å². The molecule has 3 aromatic rings. The van der Waals surface area contributed by atoms with Gasteiger partial charge in [0.05, 0.1) is 30.3 Å². The average Bonchev–Trinajstić information content (AvgIpc) is 2.91. The summed E-state index contributed by atoms with van der Waals surface area (Å²) in [4.78, 5) is 23.0. The molecule has 1 aromatic heterocycles. The molecule has 0 aliphatic carbocycles. The second kappa shape index (κ2) is 11.0. The number of ether oxygens (including phenoxy) is 3. The largest absolute Gasteiger partial charge is 0.483 e. The van der Waals surface area contributed by atoms with E-state index in [1.807, 2.05) is 4.90 Å². The molecule has 200 valence electrons.